The Labute approximate surface area is 79.4 Å². The van der Waals surface area contributed by atoms with Crippen LogP contribution in [-0.2, 0) is 0 Å². The summed E-state index contributed by atoms with van der Waals surface area (Å²) in [6.07, 6.45) is 3.22. The number of aromatic amines is 1. The van der Waals surface area contributed by atoms with E-state index in [-0.39, 0.29) is 5.78 Å². The van der Waals surface area contributed by atoms with Gasteiger partial charge in [0.25, 0.3) is 0 Å². The van der Waals surface area contributed by atoms with E-state index in [0.29, 0.717) is 11.4 Å². The van der Waals surface area contributed by atoms with E-state index in [4.69, 9.17) is 0 Å². The fourth-order valence-corrected chi connectivity index (χ4v) is 1.77. The van der Waals surface area contributed by atoms with Gasteiger partial charge in [-0.15, -0.1) is 11.3 Å². The van der Waals surface area contributed by atoms with Gasteiger partial charge in [0.1, 0.15) is 0 Å². The van der Waals surface area contributed by atoms with Crippen LogP contribution < -0.4 is 0 Å². The SMILES string of the molecule is Cc1cc(C(=O)c2ncc[nH]2)cs1. The molecule has 0 fully saturated rings. The third kappa shape index (κ3) is 1.53. The number of aryl methyl sites for hydroxylation is 1. The van der Waals surface area contributed by atoms with E-state index in [1.54, 1.807) is 23.7 Å². The average molecular weight is 192 g/mol. The lowest BCUT2D eigenvalue weighted by Crippen LogP contribution is -2.01. The largest absolute Gasteiger partial charge is 0.342 e. The number of nitrogens with zero attached hydrogens (tertiary/aromatic N) is 1. The van der Waals surface area contributed by atoms with Gasteiger partial charge in [-0.3, -0.25) is 4.79 Å². The molecule has 0 radical (unpaired) electrons. The van der Waals surface area contributed by atoms with Crippen LogP contribution in [0.3, 0.4) is 0 Å². The predicted molar refractivity (Wildman–Crippen MR) is 51.1 cm³/mol. The molecule has 0 amide bonds. The number of rotatable bonds is 2. The number of carbonyl (C=O) groups is 1. The van der Waals surface area contributed by atoms with E-state index in [0.717, 1.165) is 4.88 Å². The van der Waals surface area contributed by atoms with Crippen molar-refractivity contribution in [3.05, 3.63) is 40.1 Å². The van der Waals surface area contributed by atoms with Crippen molar-refractivity contribution >= 4 is 17.1 Å². The summed E-state index contributed by atoms with van der Waals surface area (Å²) in [5.41, 5.74) is 0.706. The van der Waals surface area contributed by atoms with Crippen LogP contribution in [-0.4, -0.2) is 15.8 Å². The van der Waals surface area contributed by atoms with E-state index in [2.05, 4.69) is 9.97 Å². The number of ketones is 1. The molecule has 0 saturated heterocycles. The fourth-order valence-electron chi connectivity index (χ4n) is 1.09. The van der Waals surface area contributed by atoms with Crippen LogP contribution in [0, 0.1) is 6.92 Å². The second kappa shape index (κ2) is 3.14. The molecule has 2 aromatic rings. The van der Waals surface area contributed by atoms with Crippen LogP contribution in [0.15, 0.2) is 23.8 Å². The molecule has 2 aromatic heterocycles. The van der Waals surface area contributed by atoms with E-state index in [9.17, 15) is 4.79 Å². The molecule has 0 unspecified atom stereocenters. The van der Waals surface area contributed by atoms with Crippen LogP contribution in [0.2, 0.25) is 0 Å². The predicted octanol–water partition coefficient (Wildman–Crippen LogP) is 2.01. The molecule has 0 aromatic carbocycles. The molecule has 0 saturated carbocycles. The highest BCUT2D eigenvalue weighted by atomic mass is 32.1. The number of hydrogen-bond donors (Lipinski definition) is 1. The second-order valence-electron chi connectivity index (χ2n) is 2.71. The Morgan fingerprint density at radius 3 is 3.00 bits per heavy atom. The van der Waals surface area contributed by atoms with Gasteiger partial charge >= 0.3 is 0 Å². The molecule has 0 spiro atoms. The first-order chi connectivity index (χ1) is 6.27. The van der Waals surface area contributed by atoms with E-state index >= 15 is 0 Å². The van der Waals surface area contributed by atoms with Gasteiger partial charge in [0.05, 0.1) is 0 Å². The van der Waals surface area contributed by atoms with Gasteiger partial charge in [-0.2, -0.15) is 0 Å². The minimum atomic E-state index is -0.0469. The molecular formula is C9H8N2OS. The molecule has 66 valence electrons. The van der Waals surface area contributed by atoms with Crippen molar-refractivity contribution in [1.29, 1.82) is 0 Å². The second-order valence-corrected chi connectivity index (χ2v) is 3.83. The van der Waals surface area contributed by atoms with Crippen LogP contribution in [0.4, 0.5) is 0 Å². The number of H-pyrrole nitrogens is 1. The summed E-state index contributed by atoms with van der Waals surface area (Å²) in [6, 6.07) is 1.87. The van der Waals surface area contributed by atoms with Gasteiger partial charge in [0, 0.05) is 28.2 Å². The van der Waals surface area contributed by atoms with Gasteiger partial charge in [0.15, 0.2) is 5.82 Å². The van der Waals surface area contributed by atoms with E-state index in [1.807, 2.05) is 18.4 Å². The minimum Gasteiger partial charge on any atom is -0.342 e. The Morgan fingerprint density at radius 2 is 2.46 bits per heavy atom. The summed E-state index contributed by atoms with van der Waals surface area (Å²) in [7, 11) is 0. The lowest BCUT2D eigenvalue weighted by atomic mass is 10.2. The lowest BCUT2D eigenvalue weighted by molar-refractivity contribution is 0.103. The number of carbonyl (C=O) groups excluding carboxylic acids is 1. The molecular weight excluding hydrogens is 184 g/mol. The third-order valence-electron chi connectivity index (χ3n) is 1.71. The molecule has 2 rings (SSSR count). The summed E-state index contributed by atoms with van der Waals surface area (Å²) < 4.78 is 0. The number of thiophene rings is 1. The molecule has 4 heteroatoms. The van der Waals surface area contributed by atoms with Crippen LogP contribution in [0.1, 0.15) is 21.1 Å². The summed E-state index contributed by atoms with van der Waals surface area (Å²) in [4.78, 5) is 19.5. The number of aromatic nitrogens is 2. The fraction of sp³-hybridized carbons (Fsp3) is 0.111. The first kappa shape index (κ1) is 8.19. The maximum Gasteiger partial charge on any atom is 0.229 e. The molecule has 0 atom stereocenters. The monoisotopic (exact) mass is 192 g/mol. The minimum absolute atomic E-state index is 0.0469. The average Bonchev–Trinajstić information content (AvgIpc) is 2.72. The highest BCUT2D eigenvalue weighted by molar-refractivity contribution is 7.10. The smallest absolute Gasteiger partial charge is 0.229 e. The summed E-state index contributed by atoms with van der Waals surface area (Å²) >= 11 is 1.57. The molecule has 1 N–H and O–H groups in total. The Bertz CT molecular complexity index is 417. The summed E-state index contributed by atoms with van der Waals surface area (Å²) in [6.45, 7) is 1.98. The van der Waals surface area contributed by atoms with Gasteiger partial charge in [-0.1, -0.05) is 0 Å². The Kier molecular flexibility index (Phi) is 1.98. The molecule has 3 nitrogen and oxygen atoms in total. The van der Waals surface area contributed by atoms with Crippen molar-refractivity contribution < 1.29 is 4.79 Å². The molecule has 0 aliphatic rings. The van der Waals surface area contributed by atoms with Crippen molar-refractivity contribution in [2.24, 2.45) is 0 Å². The normalized spacial score (nSPS) is 10.2. The molecule has 0 aliphatic carbocycles. The lowest BCUT2D eigenvalue weighted by Gasteiger charge is -1.90. The zero-order valence-electron chi connectivity index (χ0n) is 7.07. The first-order valence-corrected chi connectivity index (χ1v) is 4.74. The van der Waals surface area contributed by atoms with Crippen molar-refractivity contribution in [3.63, 3.8) is 0 Å². The molecule has 2 heterocycles. The number of nitrogens with one attached hydrogen (secondary N) is 1. The van der Waals surface area contributed by atoms with Crippen molar-refractivity contribution in [3.8, 4) is 0 Å². The maximum absolute atomic E-state index is 11.6. The van der Waals surface area contributed by atoms with Gasteiger partial charge in [-0.25, -0.2) is 4.98 Å². The number of hydrogen-bond acceptors (Lipinski definition) is 3. The third-order valence-corrected chi connectivity index (χ3v) is 2.57. The van der Waals surface area contributed by atoms with Crippen LogP contribution >= 0.6 is 11.3 Å². The zero-order valence-corrected chi connectivity index (χ0v) is 7.89. The van der Waals surface area contributed by atoms with Crippen LogP contribution in [0.25, 0.3) is 0 Å². The molecule has 0 aliphatic heterocycles. The Balaban J connectivity index is 2.33. The van der Waals surface area contributed by atoms with Crippen molar-refractivity contribution in [2.45, 2.75) is 6.92 Å². The highest BCUT2D eigenvalue weighted by Gasteiger charge is 2.11. The zero-order chi connectivity index (χ0) is 9.26. The summed E-state index contributed by atoms with van der Waals surface area (Å²) in [5, 5.41) is 1.85. The van der Waals surface area contributed by atoms with Crippen LogP contribution in [0.5, 0.6) is 0 Å². The van der Waals surface area contributed by atoms with Crippen molar-refractivity contribution in [1.82, 2.24) is 9.97 Å². The van der Waals surface area contributed by atoms with E-state index in [1.165, 1.54) is 0 Å². The Morgan fingerprint density at radius 1 is 1.62 bits per heavy atom. The van der Waals surface area contributed by atoms with Gasteiger partial charge in [-0.05, 0) is 13.0 Å². The van der Waals surface area contributed by atoms with Gasteiger partial charge < -0.3 is 4.98 Å². The standard InChI is InChI=1S/C9H8N2OS/c1-6-4-7(5-13-6)8(12)9-10-2-3-11-9/h2-5H,1H3,(H,10,11). The topological polar surface area (TPSA) is 45.8 Å². The molecule has 0 bridgehead atoms. The summed E-state index contributed by atoms with van der Waals surface area (Å²) in [5.74, 6) is 0.354. The first-order valence-electron chi connectivity index (χ1n) is 3.86. The van der Waals surface area contributed by atoms with E-state index < -0.39 is 0 Å². The Hall–Kier alpha value is -1.42. The quantitative estimate of drug-likeness (QED) is 0.740. The maximum atomic E-state index is 11.6. The van der Waals surface area contributed by atoms with Crippen molar-refractivity contribution in [2.75, 3.05) is 0 Å². The highest BCUT2D eigenvalue weighted by Crippen LogP contribution is 2.15. The molecule has 13 heavy (non-hydrogen) atoms. The van der Waals surface area contributed by atoms with Gasteiger partial charge in [0.2, 0.25) is 5.78 Å². The number of imidazole rings is 1.